The van der Waals surface area contributed by atoms with E-state index in [2.05, 4.69) is 50.3 Å². The summed E-state index contributed by atoms with van der Waals surface area (Å²) >= 11 is 1.79. The average Bonchev–Trinajstić information content (AvgIpc) is 2.72. The highest BCUT2D eigenvalue weighted by Gasteiger charge is 2.51. The van der Waals surface area contributed by atoms with Gasteiger partial charge in [-0.3, -0.25) is 0 Å². The second-order valence-corrected chi connectivity index (χ2v) is 7.45. The normalized spacial score (nSPS) is 32.2. The summed E-state index contributed by atoms with van der Waals surface area (Å²) in [5.74, 6) is 0.644. The van der Waals surface area contributed by atoms with Crippen LogP contribution in [0.4, 0.5) is 0 Å². The predicted molar refractivity (Wildman–Crippen MR) is 74.2 cm³/mol. The maximum Gasteiger partial charge on any atom is 0.113 e. The van der Waals surface area contributed by atoms with Crippen molar-refractivity contribution < 1.29 is 0 Å². The lowest BCUT2D eigenvalue weighted by atomic mass is 9.86. The van der Waals surface area contributed by atoms with E-state index in [9.17, 15) is 0 Å². The Balaban J connectivity index is 2.38. The molecule has 96 valence electrons. The van der Waals surface area contributed by atoms with Gasteiger partial charge in [0.2, 0.25) is 0 Å². The molecule has 1 aliphatic carbocycles. The van der Waals surface area contributed by atoms with E-state index < -0.39 is 0 Å². The van der Waals surface area contributed by atoms with Crippen LogP contribution >= 0.6 is 11.3 Å². The van der Waals surface area contributed by atoms with Gasteiger partial charge in [-0.15, -0.1) is 11.3 Å². The quantitative estimate of drug-likeness (QED) is 0.885. The molecule has 0 radical (unpaired) electrons. The first kappa shape index (κ1) is 13.0. The van der Waals surface area contributed by atoms with Crippen molar-refractivity contribution >= 4 is 11.3 Å². The standard InChI is InChI=1S/C14H24N2S/c1-10(2)16-14(12-15-6-7-17-12)9-13(4,5)8-11(14)3/h6-7,10-11,16H,8-9H2,1-5H3. The molecular formula is C14H24N2S. The molecule has 1 aromatic heterocycles. The van der Waals surface area contributed by atoms with Crippen LogP contribution in [0, 0.1) is 11.3 Å². The largest absolute Gasteiger partial charge is 0.303 e. The molecule has 1 heterocycles. The number of hydrogen-bond acceptors (Lipinski definition) is 3. The number of rotatable bonds is 3. The zero-order valence-corrected chi connectivity index (χ0v) is 12.4. The number of nitrogens with one attached hydrogen (secondary N) is 1. The highest BCUT2D eigenvalue weighted by molar-refractivity contribution is 7.09. The molecule has 1 aliphatic rings. The van der Waals surface area contributed by atoms with Gasteiger partial charge in [0.15, 0.2) is 0 Å². The van der Waals surface area contributed by atoms with Crippen LogP contribution in [-0.4, -0.2) is 11.0 Å². The summed E-state index contributed by atoms with van der Waals surface area (Å²) in [6.07, 6.45) is 4.39. The van der Waals surface area contributed by atoms with Gasteiger partial charge in [0.25, 0.3) is 0 Å². The fraction of sp³-hybridized carbons (Fsp3) is 0.786. The Labute approximate surface area is 109 Å². The summed E-state index contributed by atoms with van der Waals surface area (Å²) < 4.78 is 0. The zero-order valence-electron chi connectivity index (χ0n) is 11.6. The third-order valence-corrected chi connectivity index (χ3v) is 4.77. The van der Waals surface area contributed by atoms with Crippen LogP contribution in [0.1, 0.15) is 52.5 Å². The molecule has 2 nitrogen and oxygen atoms in total. The van der Waals surface area contributed by atoms with E-state index in [1.165, 1.54) is 17.8 Å². The van der Waals surface area contributed by atoms with E-state index in [1.54, 1.807) is 11.3 Å². The summed E-state index contributed by atoms with van der Waals surface area (Å²) in [7, 11) is 0. The van der Waals surface area contributed by atoms with Crippen LogP contribution in [0.3, 0.4) is 0 Å². The minimum atomic E-state index is 0.0891. The highest BCUT2D eigenvalue weighted by atomic mass is 32.1. The fourth-order valence-electron chi connectivity index (χ4n) is 3.50. The summed E-state index contributed by atoms with van der Waals surface area (Å²) in [5, 5.41) is 7.17. The molecular weight excluding hydrogens is 228 g/mol. The van der Waals surface area contributed by atoms with Crippen molar-refractivity contribution in [3.63, 3.8) is 0 Å². The van der Waals surface area contributed by atoms with Crippen molar-refractivity contribution in [3.05, 3.63) is 16.6 Å². The Morgan fingerprint density at radius 1 is 1.47 bits per heavy atom. The molecule has 0 bridgehead atoms. The SMILES string of the molecule is CC(C)NC1(c2nccs2)CC(C)(C)CC1C. The van der Waals surface area contributed by atoms with Crippen LogP contribution in [0.2, 0.25) is 0 Å². The molecule has 2 atom stereocenters. The third kappa shape index (κ3) is 2.41. The first-order valence-electron chi connectivity index (χ1n) is 6.53. The maximum atomic E-state index is 4.60. The van der Waals surface area contributed by atoms with E-state index in [0.717, 1.165) is 0 Å². The van der Waals surface area contributed by atoms with Crippen LogP contribution in [0.25, 0.3) is 0 Å². The first-order valence-corrected chi connectivity index (χ1v) is 7.41. The van der Waals surface area contributed by atoms with Crippen molar-refractivity contribution in [2.24, 2.45) is 11.3 Å². The van der Waals surface area contributed by atoms with Crippen LogP contribution in [0.5, 0.6) is 0 Å². The second-order valence-electron chi connectivity index (χ2n) is 6.55. The van der Waals surface area contributed by atoms with Gasteiger partial charge >= 0.3 is 0 Å². The molecule has 0 aromatic carbocycles. The molecule has 1 saturated carbocycles. The summed E-state index contributed by atoms with van der Waals surface area (Å²) in [6.45, 7) is 11.6. The molecule has 0 amide bonds. The molecule has 0 saturated heterocycles. The monoisotopic (exact) mass is 252 g/mol. The molecule has 2 unspecified atom stereocenters. The van der Waals surface area contributed by atoms with Crippen molar-refractivity contribution in [1.29, 1.82) is 0 Å². The smallest absolute Gasteiger partial charge is 0.113 e. The van der Waals surface area contributed by atoms with Crippen molar-refractivity contribution in [1.82, 2.24) is 10.3 Å². The van der Waals surface area contributed by atoms with Crippen molar-refractivity contribution in [2.45, 2.75) is 59.0 Å². The van der Waals surface area contributed by atoms with E-state index >= 15 is 0 Å². The minimum absolute atomic E-state index is 0.0891. The van der Waals surface area contributed by atoms with Gasteiger partial charge in [-0.2, -0.15) is 0 Å². The lowest BCUT2D eigenvalue weighted by Crippen LogP contribution is -2.48. The van der Waals surface area contributed by atoms with E-state index in [4.69, 9.17) is 0 Å². The summed E-state index contributed by atoms with van der Waals surface area (Å²) in [5.41, 5.74) is 0.499. The Morgan fingerprint density at radius 3 is 2.59 bits per heavy atom. The topological polar surface area (TPSA) is 24.9 Å². The van der Waals surface area contributed by atoms with Crippen LogP contribution in [0.15, 0.2) is 11.6 Å². The molecule has 0 aliphatic heterocycles. The molecule has 3 heteroatoms. The molecule has 17 heavy (non-hydrogen) atoms. The van der Waals surface area contributed by atoms with E-state index in [1.807, 2.05) is 6.20 Å². The van der Waals surface area contributed by atoms with Crippen molar-refractivity contribution in [2.75, 3.05) is 0 Å². The van der Waals surface area contributed by atoms with Crippen molar-refractivity contribution in [3.8, 4) is 0 Å². The minimum Gasteiger partial charge on any atom is -0.303 e. The van der Waals surface area contributed by atoms with Gasteiger partial charge in [-0.25, -0.2) is 4.98 Å². The van der Waals surface area contributed by atoms with Gasteiger partial charge in [-0.05, 0) is 38.0 Å². The van der Waals surface area contributed by atoms with Gasteiger partial charge in [0.1, 0.15) is 5.01 Å². The highest BCUT2D eigenvalue weighted by Crippen LogP contribution is 2.53. The summed E-state index contributed by atoms with van der Waals surface area (Å²) in [6, 6.07) is 0.496. The molecule has 1 fully saturated rings. The Hall–Kier alpha value is -0.410. The molecule has 2 rings (SSSR count). The number of aromatic nitrogens is 1. The Bertz CT molecular complexity index is 370. The lowest BCUT2D eigenvalue weighted by molar-refractivity contribution is 0.231. The van der Waals surface area contributed by atoms with E-state index in [-0.39, 0.29) is 5.54 Å². The first-order chi connectivity index (χ1) is 7.86. The van der Waals surface area contributed by atoms with Gasteiger partial charge < -0.3 is 5.32 Å². The van der Waals surface area contributed by atoms with Gasteiger partial charge in [0.05, 0.1) is 5.54 Å². The predicted octanol–water partition coefficient (Wildman–Crippen LogP) is 3.79. The van der Waals surface area contributed by atoms with Gasteiger partial charge in [0, 0.05) is 17.6 Å². The number of nitrogens with zero attached hydrogens (tertiary/aromatic N) is 1. The molecule has 1 aromatic rings. The number of hydrogen-bond donors (Lipinski definition) is 1. The Morgan fingerprint density at radius 2 is 2.18 bits per heavy atom. The van der Waals surface area contributed by atoms with Crippen LogP contribution < -0.4 is 5.32 Å². The number of thiazole rings is 1. The summed E-state index contributed by atoms with van der Waals surface area (Å²) in [4.78, 5) is 4.60. The van der Waals surface area contributed by atoms with Gasteiger partial charge in [-0.1, -0.05) is 20.8 Å². The fourth-order valence-corrected chi connectivity index (χ4v) is 4.42. The molecule has 0 spiro atoms. The zero-order chi connectivity index (χ0) is 12.7. The molecule has 1 N–H and O–H groups in total. The average molecular weight is 252 g/mol. The van der Waals surface area contributed by atoms with E-state index in [0.29, 0.717) is 17.4 Å². The maximum absolute atomic E-state index is 4.60. The van der Waals surface area contributed by atoms with Crippen LogP contribution in [-0.2, 0) is 5.54 Å². The third-order valence-electron chi connectivity index (χ3n) is 3.82. The second kappa shape index (κ2) is 4.36. The lowest BCUT2D eigenvalue weighted by Gasteiger charge is -2.35. The Kier molecular flexibility index (Phi) is 3.34.